The lowest BCUT2D eigenvalue weighted by Crippen LogP contribution is -2.43. The van der Waals surface area contributed by atoms with Gasteiger partial charge in [0.15, 0.2) is 0 Å². The van der Waals surface area contributed by atoms with Crippen molar-refractivity contribution in [1.29, 1.82) is 0 Å². The first-order chi connectivity index (χ1) is 13.8. The van der Waals surface area contributed by atoms with Crippen LogP contribution in [0, 0.1) is 10.1 Å². The summed E-state index contributed by atoms with van der Waals surface area (Å²) in [6.45, 7) is 3.54. The third-order valence-electron chi connectivity index (χ3n) is 4.69. The van der Waals surface area contributed by atoms with Crippen LogP contribution < -0.4 is 16.6 Å². The molecular formula is C20H20N4O5. The van der Waals surface area contributed by atoms with E-state index in [0.29, 0.717) is 5.52 Å². The van der Waals surface area contributed by atoms with Crippen LogP contribution in [0.5, 0.6) is 0 Å². The second-order valence-corrected chi connectivity index (χ2v) is 6.68. The minimum Gasteiger partial charge on any atom is -0.352 e. The number of non-ortho nitro benzene ring substituents is 1. The summed E-state index contributed by atoms with van der Waals surface area (Å²) in [4.78, 5) is 48.8. The maximum atomic E-state index is 13.1. The average molecular weight is 396 g/mol. The van der Waals surface area contributed by atoms with Crippen LogP contribution in [0.1, 0.15) is 20.3 Å². The number of carbonyl (C=O) groups excluding carboxylic acids is 1. The fraction of sp³-hybridized carbons (Fsp3) is 0.250. The van der Waals surface area contributed by atoms with Gasteiger partial charge in [-0.2, -0.15) is 0 Å². The number of carbonyl (C=O) groups is 1. The number of benzene rings is 2. The minimum absolute atomic E-state index is 0.0509. The van der Waals surface area contributed by atoms with E-state index in [2.05, 4.69) is 5.32 Å². The van der Waals surface area contributed by atoms with Crippen LogP contribution in [0.25, 0.3) is 16.6 Å². The average Bonchev–Trinajstić information content (AvgIpc) is 2.71. The highest BCUT2D eigenvalue weighted by Gasteiger charge is 2.17. The Balaban J connectivity index is 2.19. The molecule has 29 heavy (non-hydrogen) atoms. The summed E-state index contributed by atoms with van der Waals surface area (Å²) in [5, 5.41) is 13.9. The van der Waals surface area contributed by atoms with Crippen molar-refractivity contribution < 1.29 is 9.72 Å². The molecule has 2 aromatic carbocycles. The Morgan fingerprint density at radius 1 is 1.14 bits per heavy atom. The van der Waals surface area contributed by atoms with Crippen molar-refractivity contribution >= 4 is 22.5 Å². The van der Waals surface area contributed by atoms with Crippen molar-refractivity contribution in [2.24, 2.45) is 0 Å². The summed E-state index contributed by atoms with van der Waals surface area (Å²) in [6, 6.07) is 11.6. The lowest BCUT2D eigenvalue weighted by molar-refractivity contribution is -0.384. The Labute approximate surface area is 165 Å². The highest BCUT2D eigenvalue weighted by molar-refractivity contribution is 5.82. The zero-order valence-corrected chi connectivity index (χ0v) is 16.0. The first-order valence-corrected chi connectivity index (χ1v) is 9.12. The number of para-hydroxylation sites is 1. The van der Waals surface area contributed by atoms with Crippen molar-refractivity contribution in [3.05, 3.63) is 79.5 Å². The molecule has 0 saturated carbocycles. The van der Waals surface area contributed by atoms with Gasteiger partial charge in [0.25, 0.3) is 11.2 Å². The normalized spacial score (nSPS) is 11.9. The molecule has 1 heterocycles. The molecule has 9 heteroatoms. The molecule has 9 nitrogen and oxygen atoms in total. The third-order valence-corrected chi connectivity index (χ3v) is 4.69. The summed E-state index contributed by atoms with van der Waals surface area (Å²) in [5.41, 5.74) is -0.872. The number of hydrogen-bond acceptors (Lipinski definition) is 5. The fourth-order valence-electron chi connectivity index (χ4n) is 2.99. The molecule has 1 atom stereocenters. The number of rotatable bonds is 6. The molecule has 0 aliphatic heterocycles. The van der Waals surface area contributed by atoms with Crippen molar-refractivity contribution in [2.45, 2.75) is 32.9 Å². The van der Waals surface area contributed by atoms with Crippen LogP contribution in [0.2, 0.25) is 0 Å². The van der Waals surface area contributed by atoms with E-state index in [1.165, 1.54) is 28.8 Å². The lowest BCUT2D eigenvalue weighted by Gasteiger charge is -2.16. The van der Waals surface area contributed by atoms with Crippen molar-refractivity contribution in [2.75, 3.05) is 0 Å². The monoisotopic (exact) mass is 396 g/mol. The van der Waals surface area contributed by atoms with E-state index in [0.717, 1.165) is 11.0 Å². The maximum absolute atomic E-state index is 13.1. The molecule has 0 saturated heterocycles. The van der Waals surface area contributed by atoms with Crippen LogP contribution in [-0.2, 0) is 11.3 Å². The number of hydrogen-bond donors (Lipinski definition) is 1. The zero-order chi connectivity index (χ0) is 21.1. The number of aromatic nitrogens is 2. The van der Waals surface area contributed by atoms with E-state index in [9.17, 15) is 24.5 Å². The zero-order valence-electron chi connectivity index (χ0n) is 16.0. The molecule has 1 amide bonds. The number of nitro benzene ring substituents is 1. The summed E-state index contributed by atoms with van der Waals surface area (Å²) in [7, 11) is 0. The van der Waals surface area contributed by atoms with Gasteiger partial charge >= 0.3 is 5.69 Å². The molecule has 0 unspecified atom stereocenters. The summed E-state index contributed by atoms with van der Waals surface area (Å²) in [6.07, 6.45) is 0.740. The van der Waals surface area contributed by atoms with Crippen LogP contribution >= 0.6 is 0 Å². The smallest absolute Gasteiger partial charge is 0.336 e. The van der Waals surface area contributed by atoms with E-state index < -0.39 is 16.2 Å². The molecule has 0 spiro atoms. The van der Waals surface area contributed by atoms with Crippen LogP contribution in [0.4, 0.5) is 5.69 Å². The second-order valence-electron chi connectivity index (χ2n) is 6.68. The van der Waals surface area contributed by atoms with Gasteiger partial charge < -0.3 is 5.32 Å². The SMILES string of the molecule is CC[C@@H](C)NC(=O)Cn1c(=O)n(-c2ccc([N+](=O)[O-])cc2)c(=O)c2ccccc21. The fourth-order valence-corrected chi connectivity index (χ4v) is 2.99. The van der Waals surface area contributed by atoms with Crippen LogP contribution in [0.3, 0.4) is 0 Å². The molecule has 1 aromatic heterocycles. The first-order valence-electron chi connectivity index (χ1n) is 9.12. The minimum atomic E-state index is -0.693. The highest BCUT2D eigenvalue weighted by atomic mass is 16.6. The quantitative estimate of drug-likeness (QED) is 0.505. The van der Waals surface area contributed by atoms with Gasteiger partial charge in [0, 0.05) is 18.2 Å². The Bertz CT molecular complexity index is 1190. The van der Waals surface area contributed by atoms with Gasteiger partial charge in [0.2, 0.25) is 5.91 Å². The second kappa shape index (κ2) is 8.09. The molecule has 150 valence electrons. The molecular weight excluding hydrogens is 376 g/mol. The molecule has 0 aliphatic carbocycles. The predicted octanol–water partition coefficient (Wildman–Crippen LogP) is 1.98. The summed E-state index contributed by atoms with van der Waals surface area (Å²) >= 11 is 0. The predicted molar refractivity (Wildman–Crippen MR) is 108 cm³/mol. The molecule has 3 rings (SSSR count). The van der Waals surface area contributed by atoms with Gasteiger partial charge in [-0.1, -0.05) is 19.1 Å². The van der Waals surface area contributed by atoms with Gasteiger partial charge in [-0.15, -0.1) is 0 Å². The Morgan fingerprint density at radius 3 is 2.41 bits per heavy atom. The van der Waals surface area contributed by atoms with E-state index in [-0.39, 0.29) is 35.3 Å². The summed E-state index contributed by atoms with van der Waals surface area (Å²) < 4.78 is 2.15. The standard InChI is InChI=1S/C20H20N4O5/c1-3-13(2)21-18(25)12-22-17-7-5-4-6-16(17)19(26)23(20(22)27)14-8-10-15(11-9-14)24(28)29/h4-11,13H,3,12H2,1-2H3,(H,21,25)/t13-/m1/s1. The van der Waals surface area contributed by atoms with Crippen LogP contribution in [-0.4, -0.2) is 26.0 Å². The largest absolute Gasteiger partial charge is 0.352 e. The van der Waals surface area contributed by atoms with Gasteiger partial charge in [0.1, 0.15) is 6.54 Å². The topological polar surface area (TPSA) is 116 Å². The number of nitrogens with zero attached hydrogens (tertiary/aromatic N) is 3. The molecule has 0 radical (unpaired) electrons. The molecule has 0 aliphatic rings. The highest BCUT2D eigenvalue weighted by Crippen LogP contribution is 2.15. The van der Waals surface area contributed by atoms with Crippen molar-refractivity contribution in [3.8, 4) is 5.69 Å². The molecule has 0 bridgehead atoms. The van der Waals surface area contributed by atoms with Gasteiger partial charge in [-0.05, 0) is 37.6 Å². The Kier molecular flexibility index (Phi) is 5.58. The van der Waals surface area contributed by atoms with E-state index >= 15 is 0 Å². The Morgan fingerprint density at radius 2 is 1.79 bits per heavy atom. The molecule has 1 N–H and O–H groups in total. The summed E-state index contributed by atoms with van der Waals surface area (Å²) in [5.74, 6) is -0.347. The first kappa shape index (κ1) is 20.0. The van der Waals surface area contributed by atoms with Crippen LogP contribution in [0.15, 0.2) is 58.1 Å². The lowest BCUT2D eigenvalue weighted by atomic mass is 10.2. The number of fused-ring (bicyclic) bond motifs is 1. The molecule has 3 aromatic rings. The van der Waals surface area contributed by atoms with E-state index in [1.807, 2.05) is 13.8 Å². The van der Waals surface area contributed by atoms with E-state index in [1.54, 1.807) is 24.3 Å². The number of amides is 1. The Hall–Kier alpha value is -3.75. The third kappa shape index (κ3) is 3.93. The van der Waals surface area contributed by atoms with Crippen molar-refractivity contribution in [1.82, 2.24) is 14.5 Å². The maximum Gasteiger partial charge on any atom is 0.336 e. The van der Waals surface area contributed by atoms with Gasteiger partial charge in [0.05, 0.1) is 21.5 Å². The number of nitrogens with one attached hydrogen (secondary N) is 1. The van der Waals surface area contributed by atoms with E-state index in [4.69, 9.17) is 0 Å². The van der Waals surface area contributed by atoms with Gasteiger partial charge in [-0.3, -0.25) is 24.3 Å². The number of nitro groups is 1. The van der Waals surface area contributed by atoms with Crippen molar-refractivity contribution in [3.63, 3.8) is 0 Å². The van der Waals surface area contributed by atoms with Gasteiger partial charge in [-0.25, -0.2) is 9.36 Å². The molecule has 0 fully saturated rings.